The third kappa shape index (κ3) is 10.2. The van der Waals surface area contributed by atoms with Gasteiger partial charge in [-0.3, -0.25) is 24.5 Å². The number of aromatic amines is 1. The van der Waals surface area contributed by atoms with Crippen LogP contribution in [-0.4, -0.2) is 124 Å². The van der Waals surface area contributed by atoms with Crippen LogP contribution in [0.25, 0.3) is 11.2 Å². The van der Waals surface area contributed by atoms with Gasteiger partial charge in [0, 0.05) is 46.1 Å². The molecular formula is C29H49N8O9PS2. The van der Waals surface area contributed by atoms with Gasteiger partial charge in [0.2, 0.25) is 13.3 Å². The average Bonchev–Trinajstić information content (AvgIpc) is 3.62. The number of fused-ring (bicyclic) bond motifs is 1. The van der Waals surface area contributed by atoms with Gasteiger partial charge in [0.05, 0.1) is 23.9 Å². The first-order chi connectivity index (χ1) is 24.1. The van der Waals surface area contributed by atoms with Gasteiger partial charge in [-0.2, -0.15) is 10.5 Å². The monoisotopic (exact) mass is 751 g/mol. The van der Waals surface area contributed by atoms with E-state index in [0.717, 1.165) is 0 Å². The number of carbonyl (C=O) groups is 1. The van der Waals surface area contributed by atoms with Crippen molar-refractivity contribution in [2.24, 2.45) is 5.92 Å². The highest BCUT2D eigenvalue weighted by molar-refractivity contribution is 7.91. The topological polar surface area (TPSA) is 202 Å². The second-order valence-corrected chi connectivity index (χ2v) is 16.0. The molecule has 2 aromatic rings. The molecule has 4 N–H and O–H groups in total. The fourth-order valence-corrected chi connectivity index (χ4v) is 8.20. The molecule has 4 rings (SSSR count). The summed E-state index contributed by atoms with van der Waals surface area (Å²) >= 11 is 5.69. The normalized spacial score (nSPS) is 23.3. The minimum atomic E-state index is -3.19. The summed E-state index contributed by atoms with van der Waals surface area (Å²) in [7, 11) is -3.72. The van der Waals surface area contributed by atoms with Crippen molar-refractivity contribution in [2.75, 3.05) is 43.6 Å². The number of sulfone groups is 1. The van der Waals surface area contributed by atoms with E-state index < -0.39 is 48.5 Å². The first-order valence-electron chi connectivity index (χ1n) is 16.8. The van der Waals surface area contributed by atoms with E-state index in [0.29, 0.717) is 6.54 Å². The molecule has 5 atom stereocenters. The Balaban J connectivity index is 0.00000226. The number of ether oxygens (including phenoxy) is 2. The van der Waals surface area contributed by atoms with Crippen molar-refractivity contribution in [2.45, 2.75) is 85.1 Å². The predicted octanol–water partition coefficient (Wildman–Crippen LogP) is 2.08. The Kier molecular flexibility index (Phi) is 13.9. The molecule has 49 heavy (non-hydrogen) atoms. The molecule has 0 aromatic carbocycles. The number of nitrogens with zero attached hydrogens (tertiary/aromatic N) is 5. The van der Waals surface area contributed by atoms with E-state index in [4.69, 9.17) is 33.6 Å². The molecule has 2 aliphatic rings. The highest BCUT2D eigenvalue weighted by atomic mass is 32.2. The number of carbonyl (C=O) groups excluding carboxylic acids is 1. The molecule has 0 bridgehead atoms. The Morgan fingerprint density at radius 2 is 1.98 bits per heavy atom. The molecule has 17 nitrogen and oxygen atoms in total. The van der Waals surface area contributed by atoms with E-state index in [2.05, 4.69) is 37.4 Å². The van der Waals surface area contributed by atoms with Crippen LogP contribution in [0.5, 0.6) is 0 Å². The number of thiocarbonyl (C=S) groups is 1. The fraction of sp³-hybridized carbons (Fsp3) is 0.690. The third-order valence-electron chi connectivity index (χ3n) is 7.43. The fourth-order valence-electron chi connectivity index (χ4n) is 5.06. The first kappa shape index (κ1) is 37.6. The Labute approximate surface area is 296 Å². The van der Waals surface area contributed by atoms with Crippen molar-refractivity contribution in [3.8, 4) is 0 Å². The number of aliphatic hydroxyl groups is 1. The predicted molar refractivity (Wildman–Crippen MR) is 190 cm³/mol. The van der Waals surface area contributed by atoms with Gasteiger partial charge in [0.25, 0.3) is 19.3 Å². The summed E-state index contributed by atoms with van der Waals surface area (Å²) in [5.41, 5.74) is 2.36. The molecule has 2 aliphatic heterocycles. The van der Waals surface area contributed by atoms with Crippen LogP contribution in [-0.2, 0) is 33.3 Å². The van der Waals surface area contributed by atoms with Crippen molar-refractivity contribution in [1.82, 2.24) is 34.6 Å². The molecule has 276 valence electrons. The minimum Gasteiger partial charge on any atom is -0.460 e. The zero-order chi connectivity index (χ0) is 38.0. The van der Waals surface area contributed by atoms with Gasteiger partial charge in [-0.25, -0.2) is 22.7 Å². The summed E-state index contributed by atoms with van der Waals surface area (Å²) < 4.78 is 67.5. The lowest BCUT2D eigenvalue weighted by molar-refractivity contribution is -0.118. The average molecular weight is 752 g/mol. The van der Waals surface area contributed by atoms with Crippen LogP contribution in [0, 0.1) is 5.92 Å². The Morgan fingerprint density at radius 3 is 2.55 bits per heavy atom. The SMILES string of the molecule is [2H]C[C@H]1OC(n2cnc3c(=O)[nH]c(NC(=O)C(C)C)nc32)[C@@H](OC(=S)N2CCS(=O)(=O)CC2)[C@H]1OP(ONCC=C)N(C(C)C)C(C)C.[3H]OC. The highest BCUT2D eigenvalue weighted by Gasteiger charge is 2.50. The molecule has 2 aromatic heterocycles. The van der Waals surface area contributed by atoms with Gasteiger partial charge in [-0.1, -0.05) is 19.9 Å². The standard InChI is InChI=1S/C28H45N8O8PS2.CH4O/c1-9-10-30-44-45(36(17(4)5)18(6)7)43-21-19(8)41-26(22(21)42-28(46)34-11-13-47(39,40)14-12-34)35-15-29-20-23(35)31-27(33-25(20)38)32-24(37)16(2)3;1-2/h9,15-19,21-22,26,30H,1,10-14H2,2-8H3,(H2,31,32,33,37,38);2H,1H3/t19-,21+,22+,26?,45?;/m1./s1/i8D;2T. The number of aromatic nitrogens is 4. The highest BCUT2D eigenvalue weighted by Crippen LogP contribution is 2.50. The molecule has 0 aliphatic carbocycles. The molecule has 0 saturated carbocycles. The number of imidazole rings is 1. The van der Waals surface area contributed by atoms with Crippen molar-refractivity contribution in [1.29, 1.82) is 1.43 Å². The van der Waals surface area contributed by atoms with Crippen molar-refractivity contribution in [3.63, 3.8) is 0 Å². The molecule has 4 heterocycles. The number of aliphatic hydroxyl groups excluding tert-OH is 1. The summed E-state index contributed by atoms with van der Waals surface area (Å²) in [4.78, 5) is 38.3. The summed E-state index contributed by atoms with van der Waals surface area (Å²) in [6.07, 6.45) is -0.888. The first-order valence-corrected chi connectivity index (χ1v) is 19.1. The van der Waals surface area contributed by atoms with Gasteiger partial charge < -0.3 is 24.0 Å². The van der Waals surface area contributed by atoms with Gasteiger partial charge >= 0.3 is 0 Å². The zero-order valence-electron chi connectivity index (χ0n) is 30.8. The van der Waals surface area contributed by atoms with Crippen LogP contribution in [0.3, 0.4) is 0 Å². The van der Waals surface area contributed by atoms with Gasteiger partial charge in [-0.15, -0.1) is 6.58 Å². The number of rotatable bonds is 13. The zero-order valence-corrected chi connectivity index (χ0v) is 31.3. The van der Waals surface area contributed by atoms with Crippen molar-refractivity contribution in [3.05, 3.63) is 29.3 Å². The van der Waals surface area contributed by atoms with E-state index in [1.54, 1.807) is 24.8 Å². The molecule has 20 heteroatoms. The van der Waals surface area contributed by atoms with Crippen LogP contribution in [0.15, 0.2) is 23.8 Å². The smallest absolute Gasteiger partial charge is 0.280 e. The minimum absolute atomic E-state index is 0.00190. The molecule has 1 amide bonds. The van der Waals surface area contributed by atoms with Crippen LogP contribution >= 0.6 is 20.7 Å². The molecule has 2 saturated heterocycles. The maximum absolute atomic E-state index is 13.0. The molecule has 2 fully saturated rings. The van der Waals surface area contributed by atoms with E-state index >= 15 is 0 Å². The Bertz CT molecular complexity index is 1630. The van der Waals surface area contributed by atoms with E-state index in [9.17, 15) is 18.0 Å². The second-order valence-electron chi connectivity index (χ2n) is 12.0. The van der Waals surface area contributed by atoms with E-state index in [1.807, 2.05) is 32.4 Å². The largest absolute Gasteiger partial charge is 0.460 e. The van der Waals surface area contributed by atoms with Crippen LogP contribution in [0.1, 0.15) is 56.0 Å². The maximum Gasteiger partial charge on any atom is 0.280 e. The molecule has 2 unspecified atom stereocenters. The number of anilines is 1. The number of hydroxylamine groups is 1. The summed E-state index contributed by atoms with van der Waals surface area (Å²) in [5.74, 6) is -0.953. The van der Waals surface area contributed by atoms with Crippen molar-refractivity contribution >= 4 is 58.8 Å². The lowest BCUT2D eigenvalue weighted by atomic mass is 10.1. The van der Waals surface area contributed by atoms with Crippen LogP contribution in [0.4, 0.5) is 5.95 Å². The second kappa shape index (κ2) is 18.1. The number of nitrogens with one attached hydrogen (secondary N) is 3. The number of hydrogen-bond acceptors (Lipinski definition) is 14. The summed E-state index contributed by atoms with van der Waals surface area (Å²) in [5, 5.41) is 6.13. The quantitative estimate of drug-likeness (QED) is 0.0761. The van der Waals surface area contributed by atoms with E-state index in [1.165, 1.54) is 18.0 Å². The number of amides is 1. The summed E-state index contributed by atoms with van der Waals surface area (Å²) in [6.45, 7) is 15.6. The number of H-pyrrole nitrogens is 1. The maximum atomic E-state index is 13.0. The molecule has 0 radical (unpaired) electrons. The van der Waals surface area contributed by atoms with Gasteiger partial charge in [0.1, 0.15) is 6.10 Å². The van der Waals surface area contributed by atoms with Gasteiger partial charge in [0.15, 0.2) is 33.3 Å². The van der Waals surface area contributed by atoms with Crippen molar-refractivity contribution < 1.29 is 38.3 Å². The number of hydrogen-bond donors (Lipinski definition) is 4. The van der Waals surface area contributed by atoms with Crippen LogP contribution in [0.2, 0.25) is 0 Å². The van der Waals surface area contributed by atoms with Gasteiger partial charge in [-0.05, 0) is 46.8 Å². The molecule has 0 spiro atoms. The summed E-state index contributed by atoms with van der Waals surface area (Å²) in [6, 6.07) is -0.00381. The Hall–Kier alpha value is -2.61. The lowest BCUT2D eigenvalue weighted by Gasteiger charge is -2.38. The van der Waals surface area contributed by atoms with E-state index in [-0.39, 0.29) is 77.7 Å². The van der Waals surface area contributed by atoms with Crippen LogP contribution < -0.4 is 16.4 Å². The Morgan fingerprint density at radius 1 is 1.33 bits per heavy atom. The third-order valence-corrected chi connectivity index (χ3v) is 11.4. The molecular weight excluding hydrogens is 699 g/mol. The lowest BCUT2D eigenvalue weighted by Crippen LogP contribution is -2.47.